The van der Waals surface area contributed by atoms with Crippen molar-refractivity contribution in [1.29, 1.82) is 0 Å². The summed E-state index contributed by atoms with van der Waals surface area (Å²) in [4.78, 5) is 30.5. The van der Waals surface area contributed by atoms with E-state index in [4.69, 9.17) is 20.4 Å². The molecular formula is C6H8Na3O7. The quantitative estimate of drug-likeness (QED) is 0.401. The Morgan fingerprint density at radius 2 is 1.25 bits per heavy atom. The van der Waals surface area contributed by atoms with E-state index in [1.54, 1.807) is 0 Å². The number of rotatable bonds is 5. The van der Waals surface area contributed by atoms with E-state index in [0.717, 1.165) is 0 Å². The summed E-state index contributed by atoms with van der Waals surface area (Å²) in [5.74, 6) is -6.71. The molecule has 0 saturated carbocycles. The molecule has 4 N–H and O–H groups in total. The molecule has 7 nitrogen and oxygen atoms in total. The number of hydrogen-bond acceptors (Lipinski definition) is 4. The van der Waals surface area contributed by atoms with Crippen molar-refractivity contribution in [2.75, 3.05) is 0 Å². The first kappa shape index (κ1) is 26.0. The van der Waals surface area contributed by atoms with E-state index in [1.807, 2.05) is 0 Å². The second-order valence-corrected chi connectivity index (χ2v) is 2.33. The van der Waals surface area contributed by atoms with Crippen LogP contribution in [0.5, 0.6) is 0 Å². The number of hydrogen-bond donors (Lipinski definition) is 4. The summed E-state index contributed by atoms with van der Waals surface area (Å²) >= 11 is 0. The van der Waals surface area contributed by atoms with Crippen LogP contribution in [0.3, 0.4) is 0 Å². The van der Waals surface area contributed by atoms with Crippen molar-refractivity contribution in [2.24, 2.45) is 5.92 Å². The Bertz CT molecular complexity index is 244. The van der Waals surface area contributed by atoms with E-state index in [0.29, 0.717) is 0 Å². The maximum atomic E-state index is 10.3. The van der Waals surface area contributed by atoms with E-state index in [1.165, 1.54) is 0 Å². The predicted octanol–water partition coefficient (Wildman–Crippen LogP) is -2.53. The summed E-state index contributed by atoms with van der Waals surface area (Å²) in [5.41, 5.74) is 0. The van der Waals surface area contributed by atoms with Gasteiger partial charge in [0.1, 0.15) is 5.92 Å². The first-order valence-electron chi connectivity index (χ1n) is 3.21. The van der Waals surface area contributed by atoms with E-state index in [-0.39, 0.29) is 88.7 Å². The molecular weight excluding hydrogens is 253 g/mol. The summed E-state index contributed by atoms with van der Waals surface area (Å²) < 4.78 is 0. The Balaban J connectivity index is -0.000000240. The molecule has 16 heavy (non-hydrogen) atoms. The number of aliphatic hydroxyl groups is 1. The normalized spacial score (nSPS) is 11.8. The monoisotopic (exact) mass is 261 g/mol. The summed E-state index contributed by atoms with van der Waals surface area (Å²) in [6.07, 6.45) is -3.13. The molecule has 0 spiro atoms. The van der Waals surface area contributed by atoms with Crippen molar-refractivity contribution in [1.82, 2.24) is 0 Å². The minimum Gasteiger partial charge on any atom is -0.481 e. The van der Waals surface area contributed by atoms with Crippen LogP contribution in [0.15, 0.2) is 0 Å². The van der Waals surface area contributed by atoms with Crippen LogP contribution in [0, 0.1) is 5.92 Å². The van der Waals surface area contributed by atoms with Crippen LogP contribution < -0.4 is 0 Å². The molecule has 0 heterocycles. The molecule has 0 aromatic heterocycles. The van der Waals surface area contributed by atoms with Crippen LogP contribution in [0.25, 0.3) is 0 Å². The molecule has 2 atom stereocenters. The van der Waals surface area contributed by atoms with Gasteiger partial charge >= 0.3 is 17.9 Å². The van der Waals surface area contributed by atoms with Crippen molar-refractivity contribution in [3.63, 3.8) is 0 Å². The average molecular weight is 261 g/mol. The van der Waals surface area contributed by atoms with Crippen molar-refractivity contribution in [3.05, 3.63) is 0 Å². The third-order valence-electron chi connectivity index (χ3n) is 1.35. The first-order valence-corrected chi connectivity index (χ1v) is 3.21. The van der Waals surface area contributed by atoms with Crippen LogP contribution in [-0.4, -0.2) is 133 Å². The molecule has 77 valence electrons. The molecule has 10 heteroatoms. The van der Waals surface area contributed by atoms with Crippen LogP contribution in [-0.2, 0) is 14.4 Å². The van der Waals surface area contributed by atoms with Crippen molar-refractivity contribution in [3.8, 4) is 0 Å². The van der Waals surface area contributed by atoms with Gasteiger partial charge in [0.05, 0.1) is 6.42 Å². The second-order valence-electron chi connectivity index (χ2n) is 2.33. The molecule has 0 aromatic carbocycles. The topological polar surface area (TPSA) is 132 Å². The number of aliphatic carboxylic acids is 3. The molecule has 0 amide bonds. The molecule has 0 rings (SSSR count). The van der Waals surface area contributed by atoms with E-state index in [9.17, 15) is 14.4 Å². The number of carbonyl (C=O) groups is 3. The van der Waals surface area contributed by atoms with Crippen molar-refractivity contribution in [2.45, 2.75) is 12.5 Å². The van der Waals surface area contributed by atoms with E-state index < -0.39 is 36.4 Å². The van der Waals surface area contributed by atoms with E-state index in [2.05, 4.69) is 0 Å². The average Bonchev–Trinajstić information content (AvgIpc) is 1.97. The third kappa shape index (κ3) is 10.5. The van der Waals surface area contributed by atoms with Gasteiger partial charge in [-0.1, -0.05) is 0 Å². The zero-order valence-corrected chi connectivity index (χ0v) is 15.4. The summed E-state index contributed by atoms with van der Waals surface area (Å²) in [6.45, 7) is 0. The number of carboxylic acid groups (broad SMARTS) is 3. The van der Waals surface area contributed by atoms with E-state index >= 15 is 0 Å². The fraction of sp³-hybridized carbons (Fsp3) is 0.500. The molecule has 0 aliphatic carbocycles. The third-order valence-corrected chi connectivity index (χ3v) is 1.35. The summed E-state index contributed by atoms with van der Waals surface area (Å²) in [5, 5.41) is 33.5. The van der Waals surface area contributed by atoms with Gasteiger partial charge in [-0.05, 0) is 0 Å². The van der Waals surface area contributed by atoms with Gasteiger partial charge < -0.3 is 20.4 Å². The molecule has 0 fully saturated rings. The molecule has 0 aliphatic rings. The van der Waals surface area contributed by atoms with Crippen LogP contribution in [0.4, 0.5) is 0 Å². The maximum Gasteiger partial charge on any atom is 0.333 e. The van der Waals surface area contributed by atoms with Gasteiger partial charge in [0, 0.05) is 88.7 Å². The second kappa shape index (κ2) is 12.8. The molecule has 3 radical (unpaired) electrons. The Morgan fingerprint density at radius 1 is 0.875 bits per heavy atom. The molecule has 2 unspecified atom stereocenters. The fourth-order valence-electron chi connectivity index (χ4n) is 0.694. The summed E-state index contributed by atoms with van der Waals surface area (Å²) in [6, 6.07) is 0. The SMILES string of the molecule is O=C(O)CC(C(=O)O)C(O)C(=O)O.[Na].[Na].[Na]. The van der Waals surface area contributed by atoms with Gasteiger partial charge in [-0.15, -0.1) is 0 Å². The summed E-state index contributed by atoms with van der Waals surface area (Å²) in [7, 11) is 0. The smallest absolute Gasteiger partial charge is 0.333 e. The molecule has 0 aromatic rings. The first-order chi connectivity index (χ1) is 5.86. The van der Waals surface area contributed by atoms with Gasteiger partial charge in [0.25, 0.3) is 0 Å². The van der Waals surface area contributed by atoms with Gasteiger partial charge in [-0.25, -0.2) is 4.79 Å². The minimum atomic E-state index is -2.20. The minimum absolute atomic E-state index is 0. The Labute approximate surface area is 157 Å². The standard InChI is InChI=1S/C6H8O7.3Na/c7-3(8)1-2(5(10)11)4(9)6(12)13;;;/h2,4,9H,1H2,(H,7,8)(H,10,11)(H,12,13);;;. The maximum absolute atomic E-state index is 10.3. The number of carboxylic acids is 3. The molecule has 0 aliphatic heterocycles. The Kier molecular flexibility index (Phi) is 20.9. The largest absolute Gasteiger partial charge is 0.481 e. The Morgan fingerprint density at radius 3 is 1.44 bits per heavy atom. The van der Waals surface area contributed by atoms with Gasteiger partial charge in [-0.3, -0.25) is 9.59 Å². The zero-order valence-electron chi connectivity index (χ0n) is 9.38. The predicted molar refractivity (Wildman–Crippen MR) is 54.3 cm³/mol. The van der Waals surface area contributed by atoms with Crippen LogP contribution >= 0.6 is 0 Å². The number of aliphatic hydroxyl groups excluding tert-OH is 1. The van der Waals surface area contributed by atoms with Crippen LogP contribution in [0.2, 0.25) is 0 Å². The van der Waals surface area contributed by atoms with Crippen molar-refractivity contribution >= 4 is 107 Å². The van der Waals surface area contributed by atoms with Gasteiger partial charge in [0.2, 0.25) is 0 Å². The zero-order chi connectivity index (χ0) is 10.6. The van der Waals surface area contributed by atoms with Gasteiger partial charge in [0.15, 0.2) is 6.10 Å². The van der Waals surface area contributed by atoms with Gasteiger partial charge in [-0.2, -0.15) is 0 Å². The Hall–Kier alpha value is 1.37. The van der Waals surface area contributed by atoms with Crippen LogP contribution in [0.1, 0.15) is 6.42 Å². The molecule has 0 bridgehead atoms. The fourth-order valence-corrected chi connectivity index (χ4v) is 0.694. The van der Waals surface area contributed by atoms with Crippen molar-refractivity contribution < 1.29 is 34.8 Å². The molecule has 0 saturated heterocycles.